The van der Waals surface area contributed by atoms with Crippen LogP contribution in [-0.2, 0) is 0 Å². The van der Waals surface area contributed by atoms with Crippen molar-refractivity contribution in [3.63, 3.8) is 0 Å². The van der Waals surface area contributed by atoms with Gasteiger partial charge in [0, 0.05) is 19.4 Å². The third kappa shape index (κ3) is 3.21. The van der Waals surface area contributed by atoms with E-state index >= 15 is 0 Å². The molecule has 4 heteroatoms. The Morgan fingerprint density at radius 2 is 1.47 bits per heavy atom. The van der Waals surface area contributed by atoms with E-state index in [2.05, 4.69) is 31.9 Å². The van der Waals surface area contributed by atoms with E-state index < -0.39 is 0 Å². The lowest BCUT2D eigenvalue weighted by Gasteiger charge is -2.05. The number of hydrogen-bond acceptors (Lipinski definition) is 2. The molecule has 0 N–H and O–H groups in total. The van der Waals surface area contributed by atoms with Crippen LogP contribution in [0.3, 0.4) is 0 Å². The van der Waals surface area contributed by atoms with Gasteiger partial charge in [0.05, 0.1) is 0 Å². The van der Waals surface area contributed by atoms with Crippen LogP contribution < -0.4 is 0 Å². The van der Waals surface area contributed by atoms with Gasteiger partial charge in [-0.05, 0) is 55.8 Å². The van der Waals surface area contributed by atoms with Crippen molar-refractivity contribution in [1.82, 2.24) is 0 Å². The largest absolute Gasteiger partial charge is 0.281 e. The summed E-state index contributed by atoms with van der Waals surface area (Å²) in [5, 5.41) is 0.0400. The number of benzene rings is 2. The molecular formula is C13H8Br2OS. The fourth-order valence-electron chi connectivity index (χ4n) is 1.31. The molecule has 0 fully saturated rings. The van der Waals surface area contributed by atoms with Crippen LogP contribution >= 0.6 is 43.6 Å². The van der Waals surface area contributed by atoms with E-state index in [0.717, 1.165) is 13.8 Å². The van der Waals surface area contributed by atoms with E-state index in [1.54, 1.807) is 0 Å². The molecule has 2 aromatic rings. The predicted octanol–water partition coefficient (Wildman–Crippen LogP) is 5.14. The minimum atomic E-state index is 0.0400. The van der Waals surface area contributed by atoms with E-state index in [9.17, 15) is 4.79 Å². The van der Waals surface area contributed by atoms with Gasteiger partial charge in [-0.2, -0.15) is 0 Å². The summed E-state index contributed by atoms with van der Waals surface area (Å²) in [7, 11) is 0. The lowest BCUT2D eigenvalue weighted by molar-refractivity contribution is 0.108. The molecule has 0 radical (unpaired) electrons. The topological polar surface area (TPSA) is 17.1 Å². The second-order valence-electron chi connectivity index (χ2n) is 3.31. The molecule has 0 heterocycles. The molecule has 0 aliphatic heterocycles. The van der Waals surface area contributed by atoms with E-state index in [1.165, 1.54) is 11.8 Å². The normalized spacial score (nSPS) is 10.2. The number of thioether (sulfide) groups is 1. The first kappa shape index (κ1) is 12.9. The Kier molecular flexibility index (Phi) is 4.42. The van der Waals surface area contributed by atoms with Gasteiger partial charge in [0.1, 0.15) is 0 Å². The van der Waals surface area contributed by atoms with Gasteiger partial charge in [0.2, 0.25) is 5.12 Å². The van der Waals surface area contributed by atoms with E-state index in [4.69, 9.17) is 0 Å². The molecular weight excluding hydrogens is 364 g/mol. The fourth-order valence-corrected chi connectivity index (χ4v) is 3.56. The maximum atomic E-state index is 12.0. The maximum Gasteiger partial charge on any atom is 0.224 e. The van der Waals surface area contributed by atoms with Crippen molar-refractivity contribution < 1.29 is 4.79 Å². The summed E-state index contributed by atoms with van der Waals surface area (Å²) >= 11 is 8.11. The zero-order valence-corrected chi connectivity index (χ0v) is 12.7. The quantitative estimate of drug-likeness (QED) is 0.679. The standard InChI is InChI=1S/C13H8Br2OS/c14-10-7-4-8-11(15)12(10)17-13(16)9-5-2-1-3-6-9/h1-8H. The first-order valence-corrected chi connectivity index (χ1v) is 7.30. The summed E-state index contributed by atoms with van der Waals surface area (Å²) in [6.45, 7) is 0. The van der Waals surface area contributed by atoms with Crippen LogP contribution in [0.5, 0.6) is 0 Å². The Morgan fingerprint density at radius 1 is 0.882 bits per heavy atom. The van der Waals surface area contributed by atoms with Crippen LogP contribution in [-0.4, -0.2) is 5.12 Å². The Bertz CT molecular complexity index is 520. The van der Waals surface area contributed by atoms with E-state index in [1.807, 2.05) is 48.5 Å². The third-order valence-electron chi connectivity index (χ3n) is 2.12. The van der Waals surface area contributed by atoms with Crippen molar-refractivity contribution in [2.24, 2.45) is 0 Å². The molecule has 2 rings (SSSR count). The number of carbonyl (C=O) groups is 1. The fraction of sp³-hybridized carbons (Fsp3) is 0. The van der Waals surface area contributed by atoms with E-state index in [0.29, 0.717) is 5.56 Å². The number of halogens is 2. The molecule has 0 aliphatic carbocycles. The summed E-state index contributed by atoms with van der Waals surface area (Å²) in [6.07, 6.45) is 0. The number of rotatable bonds is 2. The zero-order chi connectivity index (χ0) is 12.3. The van der Waals surface area contributed by atoms with Crippen LogP contribution in [0.2, 0.25) is 0 Å². The van der Waals surface area contributed by atoms with Crippen LogP contribution in [0, 0.1) is 0 Å². The van der Waals surface area contributed by atoms with Crippen LogP contribution in [0.1, 0.15) is 10.4 Å². The zero-order valence-electron chi connectivity index (χ0n) is 8.69. The summed E-state index contributed by atoms with van der Waals surface area (Å²) in [5.41, 5.74) is 0.708. The summed E-state index contributed by atoms with van der Waals surface area (Å²) in [5.74, 6) is 0. The highest BCUT2D eigenvalue weighted by molar-refractivity contribution is 9.11. The summed E-state index contributed by atoms with van der Waals surface area (Å²) < 4.78 is 1.84. The van der Waals surface area contributed by atoms with Crippen LogP contribution in [0.25, 0.3) is 0 Å². The van der Waals surface area contributed by atoms with Crippen molar-refractivity contribution >= 4 is 48.7 Å². The van der Waals surface area contributed by atoms with E-state index in [-0.39, 0.29) is 5.12 Å². The summed E-state index contributed by atoms with van der Waals surface area (Å²) in [6, 6.07) is 15.0. The Balaban J connectivity index is 2.25. The minimum absolute atomic E-state index is 0.0400. The number of hydrogen-bond donors (Lipinski definition) is 0. The smallest absolute Gasteiger partial charge is 0.224 e. The first-order chi connectivity index (χ1) is 8.18. The predicted molar refractivity (Wildman–Crippen MR) is 78.5 cm³/mol. The monoisotopic (exact) mass is 370 g/mol. The Morgan fingerprint density at radius 3 is 2.06 bits per heavy atom. The highest BCUT2D eigenvalue weighted by Crippen LogP contribution is 2.35. The van der Waals surface area contributed by atoms with Crippen molar-refractivity contribution in [3.05, 3.63) is 63.0 Å². The van der Waals surface area contributed by atoms with Gasteiger partial charge in [-0.1, -0.05) is 36.4 Å². The second kappa shape index (κ2) is 5.85. The van der Waals surface area contributed by atoms with Gasteiger partial charge in [-0.3, -0.25) is 4.79 Å². The lowest BCUT2D eigenvalue weighted by atomic mass is 10.2. The molecule has 0 atom stereocenters. The maximum absolute atomic E-state index is 12.0. The Hall–Kier alpha value is -0.580. The highest BCUT2D eigenvalue weighted by atomic mass is 79.9. The molecule has 1 nitrogen and oxygen atoms in total. The second-order valence-corrected chi connectivity index (χ2v) is 6.00. The average molecular weight is 372 g/mol. The highest BCUT2D eigenvalue weighted by Gasteiger charge is 2.12. The van der Waals surface area contributed by atoms with Gasteiger partial charge in [0.25, 0.3) is 0 Å². The van der Waals surface area contributed by atoms with Gasteiger partial charge in [0.15, 0.2) is 0 Å². The van der Waals surface area contributed by atoms with Crippen molar-refractivity contribution in [3.8, 4) is 0 Å². The molecule has 2 aromatic carbocycles. The van der Waals surface area contributed by atoms with Gasteiger partial charge in [-0.15, -0.1) is 0 Å². The molecule has 0 spiro atoms. The molecule has 0 aliphatic rings. The van der Waals surface area contributed by atoms with Crippen molar-refractivity contribution in [1.29, 1.82) is 0 Å². The van der Waals surface area contributed by atoms with Gasteiger partial charge >= 0.3 is 0 Å². The molecule has 0 saturated carbocycles. The molecule has 0 amide bonds. The molecule has 17 heavy (non-hydrogen) atoms. The average Bonchev–Trinajstić information content (AvgIpc) is 2.35. The molecule has 0 bridgehead atoms. The number of carbonyl (C=O) groups excluding carboxylic acids is 1. The molecule has 0 saturated heterocycles. The summed E-state index contributed by atoms with van der Waals surface area (Å²) in [4.78, 5) is 12.9. The van der Waals surface area contributed by atoms with Crippen molar-refractivity contribution in [2.75, 3.05) is 0 Å². The Labute approximate surface area is 121 Å². The van der Waals surface area contributed by atoms with Crippen LogP contribution in [0.15, 0.2) is 62.4 Å². The molecule has 86 valence electrons. The SMILES string of the molecule is O=C(Sc1c(Br)cccc1Br)c1ccccc1. The van der Waals surface area contributed by atoms with Gasteiger partial charge < -0.3 is 0 Å². The molecule has 0 aromatic heterocycles. The third-order valence-corrected chi connectivity index (χ3v) is 5.03. The first-order valence-electron chi connectivity index (χ1n) is 4.90. The minimum Gasteiger partial charge on any atom is -0.281 e. The lowest BCUT2D eigenvalue weighted by Crippen LogP contribution is -1.93. The van der Waals surface area contributed by atoms with Gasteiger partial charge in [-0.25, -0.2) is 0 Å². The van der Waals surface area contributed by atoms with Crippen LogP contribution in [0.4, 0.5) is 0 Å². The molecule has 0 unspecified atom stereocenters. The van der Waals surface area contributed by atoms with Crippen molar-refractivity contribution in [2.45, 2.75) is 4.90 Å².